The van der Waals surface area contributed by atoms with Gasteiger partial charge in [0.25, 0.3) is 0 Å². The van der Waals surface area contributed by atoms with Crippen molar-refractivity contribution in [3.05, 3.63) is 46.0 Å². The summed E-state index contributed by atoms with van der Waals surface area (Å²) in [6.07, 6.45) is 5.90. The van der Waals surface area contributed by atoms with Gasteiger partial charge in [-0.05, 0) is 60.7 Å². The minimum absolute atomic E-state index is 0.171. The Morgan fingerprint density at radius 1 is 1.24 bits per heavy atom. The summed E-state index contributed by atoms with van der Waals surface area (Å²) in [5.74, 6) is 3.02. The average molecular weight is 486 g/mol. The monoisotopic (exact) mass is 485 g/mol. The van der Waals surface area contributed by atoms with Gasteiger partial charge in [0.1, 0.15) is 5.76 Å². The lowest BCUT2D eigenvalue weighted by atomic mass is 9.98. The molecule has 0 radical (unpaired) electrons. The molecule has 1 amide bonds. The molecule has 5 rings (SSSR count). The second-order valence-corrected chi connectivity index (χ2v) is 10.9. The standard InChI is InChI=1S/C24H31N5O2S2/c1-3-20-19-9-14-32-21(19)8-12-28(20)22(30)16-33-24-26-25-23(27-10-6-17(2)7-11-27)29(24)15-18-5-4-13-31-18/h4-5,9,13-14,17,20H,3,6-8,10-12,15-16H2,1-2H3. The SMILES string of the molecule is CCC1c2ccsc2CCN1C(=O)CSc1nnc(N2CCC(C)CC2)n1Cc1ccco1. The van der Waals surface area contributed by atoms with Crippen LogP contribution in [0, 0.1) is 5.92 Å². The van der Waals surface area contributed by atoms with E-state index in [1.165, 1.54) is 22.2 Å². The van der Waals surface area contributed by atoms with Crippen LogP contribution in [0.3, 0.4) is 0 Å². The van der Waals surface area contributed by atoms with Gasteiger partial charge in [-0.25, -0.2) is 0 Å². The van der Waals surface area contributed by atoms with Crippen molar-refractivity contribution in [1.82, 2.24) is 19.7 Å². The summed E-state index contributed by atoms with van der Waals surface area (Å²) >= 11 is 3.29. The van der Waals surface area contributed by atoms with Gasteiger partial charge < -0.3 is 14.2 Å². The van der Waals surface area contributed by atoms with Crippen LogP contribution in [-0.4, -0.2) is 51.0 Å². The molecule has 176 valence electrons. The lowest BCUT2D eigenvalue weighted by Gasteiger charge is -2.35. The van der Waals surface area contributed by atoms with E-state index >= 15 is 0 Å². The molecule has 0 aliphatic carbocycles. The zero-order valence-electron chi connectivity index (χ0n) is 19.3. The smallest absolute Gasteiger partial charge is 0.233 e. The minimum Gasteiger partial charge on any atom is -0.467 e. The first-order valence-corrected chi connectivity index (χ1v) is 13.7. The number of nitrogens with zero attached hydrogens (tertiary/aromatic N) is 5. The number of anilines is 1. The Labute approximate surface area is 203 Å². The van der Waals surface area contributed by atoms with Gasteiger partial charge in [-0.15, -0.1) is 21.5 Å². The molecule has 5 heterocycles. The fourth-order valence-electron chi connectivity index (χ4n) is 4.87. The van der Waals surface area contributed by atoms with Crippen LogP contribution < -0.4 is 4.90 Å². The Kier molecular flexibility index (Phi) is 6.78. The van der Waals surface area contributed by atoms with Gasteiger partial charge in [0.15, 0.2) is 5.16 Å². The number of carbonyl (C=O) groups excluding carboxylic acids is 1. The maximum absolute atomic E-state index is 13.3. The van der Waals surface area contributed by atoms with Crippen LogP contribution in [-0.2, 0) is 17.8 Å². The van der Waals surface area contributed by atoms with Crippen molar-refractivity contribution in [2.24, 2.45) is 5.92 Å². The molecule has 1 unspecified atom stereocenters. The number of carbonyl (C=O) groups is 1. The number of rotatable bonds is 7. The highest BCUT2D eigenvalue weighted by molar-refractivity contribution is 7.99. The first-order chi connectivity index (χ1) is 16.1. The van der Waals surface area contributed by atoms with Crippen LogP contribution >= 0.6 is 23.1 Å². The lowest BCUT2D eigenvalue weighted by Crippen LogP contribution is -2.40. The molecular formula is C24H31N5O2S2. The van der Waals surface area contributed by atoms with E-state index in [1.807, 2.05) is 23.5 Å². The van der Waals surface area contributed by atoms with Crippen molar-refractivity contribution in [2.45, 2.75) is 57.3 Å². The van der Waals surface area contributed by atoms with Gasteiger partial charge in [0.2, 0.25) is 11.9 Å². The van der Waals surface area contributed by atoms with Crippen LogP contribution in [0.15, 0.2) is 39.4 Å². The van der Waals surface area contributed by atoms with E-state index in [-0.39, 0.29) is 11.9 Å². The number of hydrogen-bond donors (Lipinski definition) is 0. The predicted molar refractivity (Wildman–Crippen MR) is 132 cm³/mol. The summed E-state index contributed by atoms with van der Waals surface area (Å²) < 4.78 is 7.73. The van der Waals surface area contributed by atoms with Crippen molar-refractivity contribution < 1.29 is 9.21 Å². The van der Waals surface area contributed by atoms with E-state index in [1.54, 1.807) is 6.26 Å². The van der Waals surface area contributed by atoms with Crippen molar-refractivity contribution in [3.8, 4) is 0 Å². The number of hydrogen-bond acceptors (Lipinski definition) is 7. The summed E-state index contributed by atoms with van der Waals surface area (Å²) in [6.45, 7) is 7.79. The molecular weight excluding hydrogens is 454 g/mol. The Morgan fingerprint density at radius 2 is 2.09 bits per heavy atom. The molecule has 3 aromatic heterocycles. The second-order valence-electron chi connectivity index (χ2n) is 8.97. The highest BCUT2D eigenvalue weighted by Crippen LogP contribution is 2.36. The Morgan fingerprint density at radius 3 is 2.85 bits per heavy atom. The first kappa shape index (κ1) is 22.5. The van der Waals surface area contributed by atoms with Crippen molar-refractivity contribution in [1.29, 1.82) is 0 Å². The summed E-state index contributed by atoms with van der Waals surface area (Å²) in [5.41, 5.74) is 1.33. The molecule has 9 heteroatoms. The van der Waals surface area contributed by atoms with Crippen LogP contribution in [0.4, 0.5) is 5.95 Å². The third-order valence-electron chi connectivity index (χ3n) is 6.78. The molecule has 0 N–H and O–H groups in total. The minimum atomic E-state index is 0.171. The number of piperidine rings is 1. The molecule has 1 saturated heterocycles. The van der Waals surface area contributed by atoms with E-state index in [0.717, 1.165) is 68.1 Å². The second kappa shape index (κ2) is 9.93. The van der Waals surface area contributed by atoms with E-state index < -0.39 is 0 Å². The number of fused-ring (bicyclic) bond motifs is 1. The topological polar surface area (TPSA) is 67.4 Å². The van der Waals surface area contributed by atoms with Crippen molar-refractivity contribution >= 4 is 35.0 Å². The van der Waals surface area contributed by atoms with E-state index in [2.05, 4.69) is 49.9 Å². The zero-order valence-corrected chi connectivity index (χ0v) is 20.9. The van der Waals surface area contributed by atoms with Crippen molar-refractivity contribution in [2.75, 3.05) is 30.3 Å². The molecule has 2 aliphatic heterocycles. The van der Waals surface area contributed by atoms with Crippen LogP contribution in [0.2, 0.25) is 0 Å². The van der Waals surface area contributed by atoms with Crippen molar-refractivity contribution in [3.63, 3.8) is 0 Å². The third-order valence-corrected chi connectivity index (χ3v) is 8.73. The highest BCUT2D eigenvalue weighted by atomic mass is 32.2. The Balaban J connectivity index is 1.32. The first-order valence-electron chi connectivity index (χ1n) is 11.8. The molecule has 0 spiro atoms. The lowest BCUT2D eigenvalue weighted by molar-refractivity contribution is -0.131. The quantitative estimate of drug-likeness (QED) is 0.446. The number of thiophene rings is 1. The van der Waals surface area contributed by atoms with Gasteiger partial charge in [-0.2, -0.15) is 0 Å². The maximum Gasteiger partial charge on any atom is 0.233 e. The largest absolute Gasteiger partial charge is 0.467 e. The molecule has 33 heavy (non-hydrogen) atoms. The normalized spacial score (nSPS) is 19.2. The Bertz CT molecular complexity index is 1070. The fourth-order valence-corrected chi connectivity index (χ4v) is 6.62. The molecule has 1 atom stereocenters. The van der Waals surface area contributed by atoms with Crippen LogP contribution in [0.25, 0.3) is 0 Å². The fraction of sp³-hybridized carbons (Fsp3) is 0.542. The molecule has 1 fully saturated rings. The van der Waals surface area contributed by atoms with Crippen LogP contribution in [0.5, 0.6) is 0 Å². The third kappa shape index (κ3) is 4.71. The zero-order chi connectivity index (χ0) is 22.8. The van der Waals surface area contributed by atoms with E-state index in [0.29, 0.717) is 12.3 Å². The Hall–Kier alpha value is -2.26. The summed E-state index contributed by atoms with van der Waals surface area (Å²) in [5, 5.41) is 12.0. The molecule has 2 aliphatic rings. The van der Waals surface area contributed by atoms with Gasteiger partial charge in [-0.3, -0.25) is 9.36 Å². The summed E-state index contributed by atoms with van der Waals surface area (Å²) in [6, 6.07) is 6.24. The maximum atomic E-state index is 13.3. The van der Waals surface area contributed by atoms with Gasteiger partial charge in [0.05, 0.1) is 24.6 Å². The van der Waals surface area contributed by atoms with E-state index in [4.69, 9.17) is 4.42 Å². The summed E-state index contributed by atoms with van der Waals surface area (Å²) in [4.78, 5) is 19.1. The number of furan rings is 1. The van der Waals surface area contributed by atoms with E-state index in [9.17, 15) is 4.79 Å². The molecule has 0 bridgehead atoms. The summed E-state index contributed by atoms with van der Waals surface area (Å²) in [7, 11) is 0. The number of amides is 1. The average Bonchev–Trinajstić information content (AvgIpc) is 3.59. The van der Waals surface area contributed by atoms with Crippen LogP contribution in [0.1, 0.15) is 55.4 Å². The predicted octanol–water partition coefficient (Wildman–Crippen LogP) is 4.85. The number of thioether (sulfide) groups is 1. The molecule has 0 aromatic carbocycles. The van der Waals surface area contributed by atoms with Gasteiger partial charge in [0, 0.05) is 24.5 Å². The van der Waals surface area contributed by atoms with Gasteiger partial charge >= 0.3 is 0 Å². The molecule has 0 saturated carbocycles. The number of aromatic nitrogens is 3. The molecule has 7 nitrogen and oxygen atoms in total. The molecule has 3 aromatic rings. The van der Waals surface area contributed by atoms with Gasteiger partial charge in [-0.1, -0.05) is 25.6 Å². The highest BCUT2D eigenvalue weighted by Gasteiger charge is 2.31.